The van der Waals surface area contributed by atoms with E-state index in [-0.39, 0.29) is 0 Å². The third kappa shape index (κ3) is 4.45. The van der Waals surface area contributed by atoms with Crippen molar-refractivity contribution >= 4 is 5.69 Å². The zero-order valence-electron chi connectivity index (χ0n) is 27.9. The van der Waals surface area contributed by atoms with Crippen LogP contribution in [0.3, 0.4) is 0 Å². The molecule has 0 bridgehead atoms. The summed E-state index contributed by atoms with van der Waals surface area (Å²) < 4.78 is 6.52. The van der Waals surface area contributed by atoms with E-state index in [2.05, 4.69) is 83.7 Å². The smallest absolute Gasteiger partial charge is 0.187 e. The first-order valence-electron chi connectivity index (χ1n) is 17.2. The van der Waals surface area contributed by atoms with E-state index in [1.807, 2.05) is 91.0 Å². The van der Waals surface area contributed by atoms with Crippen molar-refractivity contribution in [3.63, 3.8) is 0 Å². The Hall–Kier alpha value is -7.16. The molecule has 7 aromatic carbocycles. The molecule has 10 rings (SSSR count). The summed E-state index contributed by atoms with van der Waals surface area (Å²) in [6.07, 6.45) is 0. The van der Waals surface area contributed by atoms with Crippen molar-refractivity contribution in [1.29, 1.82) is 0 Å². The predicted molar refractivity (Wildman–Crippen MR) is 205 cm³/mol. The van der Waals surface area contributed by atoms with Crippen LogP contribution < -0.4 is 4.74 Å². The molecule has 0 saturated carbocycles. The van der Waals surface area contributed by atoms with Crippen LogP contribution in [0.1, 0.15) is 22.3 Å². The van der Waals surface area contributed by atoms with Crippen LogP contribution in [0, 0.1) is 6.57 Å². The second-order valence-corrected chi connectivity index (χ2v) is 13.0. The van der Waals surface area contributed by atoms with Crippen LogP contribution in [-0.4, -0.2) is 15.0 Å². The number of aromatic nitrogens is 3. The van der Waals surface area contributed by atoms with Crippen LogP contribution in [0.2, 0.25) is 0 Å². The highest BCUT2D eigenvalue weighted by Crippen LogP contribution is 2.63. The molecule has 242 valence electrons. The first-order valence-corrected chi connectivity index (χ1v) is 17.2. The van der Waals surface area contributed by atoms with Crippen molar-refractivity contribution in [1.82, 2.24) is 15.0 Å². The largest absolute Gasteiger partial charge is 0.457 e. The lowest BCUT2D eigenvalue weighted by atomic mass is 9.66. The Labute approximate surface area is 301 Å². The van der Waals surface area contributed by atoms with Crippen LogP contribution in [0.4, 0.5) is 5.69 Å². The summed E-state index contributed by atoms with van der Waals surface area (Å²) in [5.41, 5.74) is 11.6. The van der Waals surface area contributed by atoms with Gasteiger partial charge in [-0.15, -0.1) is 0 Å². The normalized spacial score (nSPS) is 12.9. The van der Waals surface area contributed by atoms with E-state index in [0.29, 0.717) is 23.2 Å². The molecule has 2 heterocycles. The molecule has 1 spiro atoms. The Bertz CT molecular complexity index is 2610. The highest BCUT2D eigenvalue weighted by molar-refractivity contribution is 5.97. The van der Waals surface area contributed by atoms with Crippen LogP contribution in [-0.2, 0) is 5.41 Å². The van der Waals surface area contributed by atoms with Gasteiger partial charge in [0.2, 0.25) is 0 Å². The van der Waals surface area contributed by atoms with Gasteiger partial charge in [-0.2, -0.15) is 0 Å². The standard InChI is InChI=1S/C47H28N4O/c1-48-34-27-28-37-36(29-34)43-35(17-12-20-40(43)47(37)38-18-8-10-21-41(38)52-42-22-11-9-19-39(42)47)30-23-25-33(26-24-30)46-50-44(31-13-4-2-5-14-31)49-45(51-46)32-15-6-3-7-16-32/h2-29H. The number of hydrogen-bond acceptors (Lipinski definition) is 4. The van der Waals surface area contributed by atoms with Crippen molar-refractivity contribution in [2.75, 3.05) is 0 Å². The Morgan fingerprint density at radius 1 is 0.423 bits per heavy atom. The summed E-state index contributed by atoms with van der Waals surface area (Å²) in [5, 5.41) is 0. The zero-order valence-corrected chi connectivity index (χ0v) is 27.9. The molecular weight excluding hydrogens is 637 g/mol. The number of hydrogen-bond donors (Lipinski definition) is 0. The van der Waals surface area contributed by atoms with Crippen molar-refractivity contribution in [3.8, 4) is 67.9 Å². The van der Waals surface area contributed by atoms with Gasteiger partial charge >= 0.3 is 0 Å². The topological polar surface area (TPSA) is 52.3 Å². The van der Waals surface area contributed by atoms with E-state index >= 15 is 0 Å². The fourth-order valence-electron chi connectivity index (χ4n) is 7.99. The van der Waals surface area contributed by atoms with Gasteiger partial charge in [0, 0.05) is 27.8 Å². The Morgan fingerprint density at radius 3 is 1.50 bits per heavy atom. The molecule has 0 fully saturated rings. The lowest BCUT2D eigenvalue weighted by Gasteiger charge is -2.39. The highest BCUT2D eigenvalue weighted by Gasteiger charge is 2.51. The maximum absolute atomic E-state index is 7.91. The van der Waals surface area contributed by atoms with E-state index in [9.17, 15) is 0 Å². The maximum Gasteiger partial charge on any atom is 0.187 e. The minimum absolute atomic E-state index is 0.610. The quantitative estimate of drug-likeness (QED) is 0.176. The second kappa shape index (κ2) is 11.7. The summed E-state index contributed by atoms with van der Waals surface area (Å²) in [5.74, 6) is 3.55. The van der Waals surface area contributed by atoms with E-state index in [4.69, 9.17) is 26.3 Å². The molecule has 1 aliphatic heterocycles. The van der Waals surface area contributed by atoms with Gasteiger partial charge in [-0.3, -0.25) is 0 Å². The minimum atomic E-state index is -0.612. The first kappa shape index (κ1) is 29.7. The first-order chi connectivity index (χ1) is 25.7. The van der Waals surface area contributed by atoms with Gasteiger partial charge in [0.25, 0.3) is 0 Å². The van der Waals surface area contributed by atoms with E-state index in [1.165, 1.54) is 5.56 Å². The minimum Gasteiger partial charge on any atom is -0.457 e. The molecular formula is C47H28N4O. The Morgan fingerprint density at radius 2 is 0.923 bits per heavy atom. The molecule has 1 aromatic heterocycles. The van der Waals surface area contributed by atoms with Crippen molar-refractivity contribution in [2.45, 2.75) is 5.41 Å². The van der Waals surface area contributed by atoms with Gasteiger partial charge in [-0.25, -0.2) is 19.8 Å². The monoisotopic (exact) mass is 664 g/mol. The molecule has 5 nitrogen and oxygen atoms in total. The summed E-state index contributed by atoms with van der Waals surface area (Å²) in [6, 6.07) is 57.9. The van der Waals surface area contributed by atoms with Gasteiger partial charge in [0.15, 0.2) is 23.2 Å². The zero-order chi connectivity index (χ0) is 34.6. The lowest BCUT2D eigenvalue weighted by Crippen LogP contribution is -2.32. The summed E-state index contributed by atoms with van der Waals surface area (Å²) in [6.45, 7) is 7.91. The molecule has 0 saturated heterocycles. The fraction of sp³-hybridized carbons (Fsp3) is 0.0213. The molecule has 0 amide bonds. The molecule has 0 radical (unpaired) electrons. The van der Waals surface area contributed by atoms with Crippen LogP contribution in [0.5, 0.6) is 11.5 Å². The summed E-state index contributed by atoms with van der Waals surface area (Å²) >= 11 is 0. The lowest BCUT2D eigenvalue weighted by molar-refractivity contribution is 0.436. The molecule has 52 heavy (non-hydrogen) atoms. The molecule has 2 aliphatic rings. The van der Waals surface area contributed by atoms with Gasteiger partial charge < -0.3 is 4.74 Å². The van der Waals surface area contributed by atoms with Gasteiger partial charge in [0.1, 0.15) is 11.5 Å². The Balaban J connectivity index is 1.16. The molecule has 8 aromatic rings. The van der Waals surface area contributed by atoms with Crippen LogP contribution in [0.25, 0.3) is 61.3 Å². The fourth-order valence-corrected chi connectivity index (χ4v) is 7.99. The van der Waals surface area contributed by atoms with E-state index in [1.54, 1.807) is 0 Å². The average molecular weight is 665 g/mol. The predicted octanol–water partition coefficient (Wildman–Crippen LogP) is 11.6. The number of ether oxygens (including phenoxy) is 1. The number of rotatable bonds is 4. The van der Waals surface area contributed by atoms with Crippen LogP contribution >= 0.6 is 0 Å². The van der Waals surface area contributed by atoms with E-state index in [0.717, 1.165) is 67.1 Å². The van der Waals surface area contributed by atoms with Gasteiger partial charge in [0.05, 0.1) is 12.0 Å². The number of fused-ring (bicyclic) bond motifs is 9. The average Bonchev–Trinajstić information content (AvgIpc) is 3.51. The second-order valence-electron chi connectivity index (χ2n) is 13.0. The van der Waals surface area contributed by atoms with Crippen molar-refractivity contribution in [2.24, 2.45) is 0 Å². The summed E-state index contributed by atoms with van der Waals surface area (Å²) in [4.78, 5) is 18.6. The SMILES string of the molecule is [C-]#[N+]c1ccc2c(c1)-c1c(-c3ccc(-c4nc(-c5ccccc5)nc(-c5ccccc5)n4)cc3)cccc1C21c2ccccc2Oc2ccccc21. The third-order valence-corrected chi connectivity index (χ3v) is 10.2. The molecule has 5 heteroatoms. The number of benzene rings is 7. The van der Waals surface area contributed by atoms with Crippen LogP contribution in [0.15, 0.2) is 170 Å². The van der Waals surface area contributed by atoms with Gasteiger partial charge in [-0.05, 0) is 51.6 Å². The van der Waals surface area contributed by atoms with E-state index < -0.39 is 5.41 Å². The Kier molecular flexibility index (Phi) is 6.70. The molecule has 1 aliphatic carbocycles. The molecule has 0 atom stereocenters. The van der Waals surface area contributed by atoms with Crippen molar-refractivity contribution in [3.05, 3.63) is 204 Å². The number of nitrogens with zero attached hydrogens (tertiary/aromatic N) is 4. The summed E-state index contributed by atoms with van der Waals surface area (Å²) in [7, 11) is 0. The highest BCUT2D eigenvalue weighted by atomic mass is 16.5. The third-order valence-electron chi connectivity index (χ3n) is 10.2. The number of para-hydroxylation sites is 2. The maximum atomic E-state index is 7.91. The molecule has 0 unspecified atom stereocenters. The molecule has 0 N–H and O–H groups in total. The van der Waals surface area contributed by atoms with Gasteiger partial charge in [-0.1, -0.05) is 152 Å². The van der Waals surface area contributed by atoms with Crippen molar-refractivity contribution < 1.29 is 4.74 Å².